The van der Waals surface area contributed by atoms with Gasteiger partial charge in [-0.2, -0.15) is 0 Å². The van der Waals surface area contributed by atoms with Crippen LogP contribution in [-0.4, -0.2) is 37.5 Å². The summed E-state index contributed by atoms with van der Waals surface area (Å²) < 4.78 is 11.0. The Labute approximate surface area is 144 Å². The number of carbonyl (C=O) groups excluding carboxylic acids is 1. The maximum atomic E-state index is 11.9. The summed E-state index contributed by atoms with van der Waals surface area (Å²) in [5.74, 6) is 0. The second kappa shape index (κ2) is 7.75. The maximum absolute atomic E-state index is 11.9. The van der Waals surface area contributed by atoms with Crippen LogP contribution in [0.3, 0.4) is 0 Å². The van der Waals surface area contributed by atoms with Gasteiger partial charge < -0.3 is 20.1 Å². The number of amides is 1. The number of likely N-dealkylation sites (N-methyl/N-ethyl adjacent to an activating group) is 1. The number of rotatable bonds is 5. The molecule has 0 spiro atoms. The Hall–Kier alpha value is -1.95. The second-order valence-corrected chi connectivity index (χ2v) is 7.07. The molecule has 1 aliphatic heterocycles. The molecule has 1 atom stereocenters. The van der Waals surface area contributed by atoms with Gasteiger partial charge in [-0.05, 0) is 58.7 Å². The van der Waals surface area contributed by atoms with Crippen molar-refractivity contribution in [2.75, 3.05) is 35.6 Å². The minimum Gasteiger partial charge on any atom is -0.444 e. The first kappa shape index (κ1) is 18.4. The molecule has 6 heteroatoms. The first-order valence-electron chi connectivity index (χ1n) is 8.54. The van der Waals surface area contributed by atoms with E-state index in [0.717, 1.165) is 38.2 Å². The van der Waals surface area contributed by atoms with Crippen LogP contribution < -0.4 is 16.0 Å². The Kier molecular flexibility index (Phi) is 5.94. The Morgan fingerprint density at radius 1 is 1.46 bits per heavy atom. The van der Waals surface area contributed by atoms with Gasteiger partial charge in [-0.25, -0.2) is 4.79 Å². The second-order valence-electron chi connectivity index (χ2n) is 7.07. The summed E-state index contributed by atoms with van der Waals surface area (Å²) in [4.78, 5) is 14.1. The van der Waals surface area contributed by atoms with Gasteiger partial charge in [-0.1, -0.05) is 0 Å². The van der Waals surface area contributed by atoms with Crippen molar-refractivity contribution in [1.29, 1.82) is 0 Å². The molecule has 3 N–H and O–H groups in total. The highest BCUT2D eigenvalue weighted by atomic mass is 16.6. The Balaban J connectivity index is 2.10. The van der Waals surface area contributed by atoms with Crippen LogP contribution in [-0.2, 0) is 9.47 Å². The normalized spacial score (nSPS) is 17.6. The predicted octanol–water partition coefficient (Wildman–Crippen LogP) is 3.62. The summed E-state index contributed by atoms with van der Waals surface area (Å²) in [6, 6.07) is 5.47. The topological polar surface area (TPSA) is 76.8 Å². The average Bonchev–Trinajstić information content (AvgIpc) is 2.98. The molecule has 24 heavy (non-hydrogen) atoms. The number of anilines is 3. The molecule has 1 aromatic rings. The SMILES string of the molecule is CCN(CC1CCCO1)c1cc(NC(=O)OC(C)(C)C)ccc1N. The summed E-state index contributed by atoms with van der Waals surface area (Å²) in [5.41, 5.74) is 7.87. The quantitative estimate of drug-likeness (QED) is 0.804. The first-order chi connectivity index (χ1) is 11.3. The Morgan fingerprint density at radius 2 is 2.21 bits per heavy atom. The smallest absolute Gasteiger partial charge is 0.412 e. The highest BCUT2D eigenvalue weighted by Crippen LogP contribution is 2.28. The molecule has 0 aromatic heterocycles. The molecular formula is C18H29N3O3. The van der Waals surface area contributed by atoms with E-state index in [1.54, 1.807) is 12.1 Å². The van der Waals surface area contributed by atoms with Gasteiger partial charge >= 0.3 is 6.09 Å². The number of ether oxygens (including phenoxy) is 2. The van der Waals surface area contributed by atoms with E-state index in [1.807, 2.05) is 26.8 Å². The lowest BCUT2D eigenvalue weighted by atomic mass is 10.1. The van der Waals surface area contributed by atoms with Gasteiger partial charge in [0.15, 0.2) is 0 Å². The van der Waals surface area contributed by atoms with Crippen LogP contribution in [0.1, 0.15) is 40.5 Å². The van der Waals surface area contributed by atoms with Gasteiger partial charge in [0.25, 0.3) is 0 Å². The third-order valence-corrected chi connectivity index (χ3v) is 3.85. The summed E-state index contributed by atoms with van der Waals surface area (Å²) >= 11 is 0. The van der Waals surface area contributed by atoms with E-state index in [9.17, 15) is 4.79 Å². The first-order valence-corrected chi connectivity index (χ1v) is 8.54. The number of nitrogens with two attached hydrogens (primary N) is 1. The van der Waals surface area contributed by atoms with Crippen molar-refractivity contribution in [3.8, 4) is 0 Å². The molecule has 6 nitrogen and oxygen atoms in total. The summed E-state index contributed by atoms with van der Waals surface area (Å²) in [7, 11) is 0. The van der Waals surface area contributed by atoms with Crippen molar-refractivity contribution in [1.82, 2.24) is 0 Å². The van der Waals surface area contributed by atoms with E-state index in [1.165, 1.54) is 0 Å². The molecule has 2 rings (SSSR count). The number of benzene rings is 1. The van der Waals surface area contributed by atoms with Crippen LogP contribution in [0.25, 0.3) is 0 Å². The number of carbonyl (C=O) groups is 1. The van der Waals surface area contributed by atoms with Crippen LogP contribution in [0.4, 0.5) is 21.9 Å². The van der Waals surface area contributed by atoms with Crippen LogP contribution >= 0.6 is 0 Å². The molecule has 1 fully saturated rings. The van der Waals surface area contributed by atoms with Gasteiger partial charge in [0.1, 0.15) is 5.60 Å². The maximum Gasteiger partial charge on any atom is 0.412 e. The molecule has 1 unspecified atom stereocenters. The molecule has 1 heterocycles. The highest BCUT2D eigenvalue weighted by Gasteiger charge is 2.21. The van der Waals surface area contributed by atoms with E-state index in [-0.39, 0.29) is 6.10 Å². The number of hydrogen-bond acceptors (Lipinski definition) is 5. The molecule has 0 saturated carbocycles. The lowest BCUT2D eigenvalue weighted by Gasteiger charge is -2.28. The lowest BCUT2D eigenvalue weighted by Crippen LogP contribution is -2.32. The van der Waals surface area contributed by atoms with E-state index in [2.05, 4.69) is 17.1 Å². The van der Waals surface area contributed by atoms with Gasteiger partial charge in [0.2, 0.25) is 0 Å². The molecule has 0 aliphatic carbocycles. The Morgan fingerprint density at radius 3 is 2.79 bits per heavy atom. The zero-order valence-corrected chi connectivity index (χ0v) is 15.1. The van der Waals surface area contributed by atoms with Crippen molar-refractivity contribution < 1.29 is 14.3 Å². The van der Waals surface area contributed by atoms with Crippen molar-refractivity contribution in [2.45, 2.75) is 52.2 Å². The molecule has 0 radical (unpaired) electrons. The molecule has 1 amide bonds. The third kappa shape index (κ3) is 5.30. The molecule has 1 aromatic carbocycles. The molecule has 1 aliphatic rings. The minimum absolute atomic E-state index is 0.242. The number of nitrogen functional groups attached to an aromatic ring is 1. The highest BCUT2D eigenvalue weighted by molar-refractivity contribution is 5.87. The van der Waals surface area contributed by atoms with Crippen molar-refractivity contribution in [3.05, 3.63) is 18.2 Å². The fourth-order valence-electron chi connectivity index (χ4n) is 2.75. The van der Waals surface area contributed by atoms with E-state index >= 15 is 0 Å². The largest absolute Gasteiger partial charge is 0.444 e. The zero-order chi connectivity index (χ0) is 17.7. The number of nitrogens with zero attached hydrogens (tertiary/aromatic N) is 1. The van der Waals surface area contributed by atoms with Crippen LogP contribution in [0.15, 0.2) is 18.2 Å². The number of nitrogens with one attached hydrogen (secondary N) is 1. The number of hydrogen-bond donors (Lipinski definition) is 2. The summed E-state index contributed by atoms with van der Waals surface area (Å²) in [5, 5.41) is 2.76. The van der Waals surface area contributed by atoms with Crippen molar-refractivity contribution in [3.63, 3.8) is 0 Å². The Bertz CT molecular complexity index is 563. The molecule has 134 valence electrons. The van der Waals surface area contributed by atoms with Crippen molar-refractivity contribution >= 4 is 23.2 Å². The zero-order valence-electron chi connectivity index (χ0n) is 15.1. The van der Waals surface area contributed by atoms with Gasteiger partial charge in [-0.15, -0.1) is 0 Å². The van der Waals surface area contributed by atoms with E-state index in [0.29, 0.717) is 11.4 Å². The summed E-state index contributed by atoms with van der Waals surface area (Å²) in [6.07, 6.45) is 1.96. The molecular weight excluding hydrogens is 306 g/mol. The lowest BCUT2D eigenvalue weighted by molar-refractivity contribution is 0.0636. The average molecular weight is 335 g/mol. The molecule has 1 saturated heterocycles. The van der Waals surface area contributed by atoms with Crippen LogP contribution in [0.2, 0.25) is 0 Å². The van der Waals surface area contributed by atoms with Gasteiger partial charge in [0, 0.05) is 25.4 Å². The fourth-order valence-corrected chi connectivity index (χ4v) is 2.75. The minimum atomic E-state index is -0.532. The fraction of sp³-hybridized carbons (Fsp3) is 0.611. The third-order valence-electron chi connectivity index (χ3n) is 3.85. The predicted molar refractivity (Wildman–Crippen MR) is 97.6 cm³/mol. The van der Waals surface area contributed by atoms with E-state index in [4.69, 9.17) is 15.2 Å². The summed E-state index contributed by atoms with van der Waals surface area (Å²) in [6.45, 7) is 10.0. The standard InChI is InChI=1S/C18H29N3O3/c1-5-21(12-14-7-6-10-23-14)16-11-13(8-9-15(16)19)20-17(22)24-18(2,3)4/h8-9,11,14H,5-7,10,12,19H2,1-4H3,(H,20,22). The van der Waals surface area contributed by atoms with Crippen molar-refractivity contribution in [2.24, 2.45) is 0 Å². The van der Waals surface area contributed by atoms with Crippen LogP contribution in [0.5, 0.6) is 0 Å². The van der Waals surface area contributed by atoms with Gasteiger partial charge in [-0.3, -0.25) is 5.32 Å². The monoisotopic (exact) mass is 335 g/mol. The van der Waals surface area contributed by atoms with Gasteiger partial charge in [0.05, 0.1) is 17.5 Å². The molecule has 0 bridgehead atoms. The van der Waals surface area contributed by atoms with Crippen LogP contribution in [0, 0.1) is 0 Å². The van der Waals surface area contributed by atoms with E-state index < -0.39 is 11.7 Å².